The maximum absolute atomic E-state index is 14.1. The molecule has 1 aromatic carbocycles. The van der Waals surface area contributed by atoms with E-state index in [1.165, 1.54) is 16.7 Å². The number of amides is 6. The molecule has 0 aromatic heterocycles. The smallest absolute Gasteiger partial charge is 0.326 e. The Balaban J connectivity index is 2.32. The number of nitrogens with zero attached hydrogens (tertiary/aromatic N) is 1. The van der Waals surface area contributed by atoms with Crippen molar-refractivity contribution in [3.8, 4) is 0 Å². The number of thioether (sulfide) groups is 1. The van der Waals surface area contributed by atoms with Gasteiger partial charge in [-0.05, 0) is 86.8 Å². The molecule has 0 radical (unpaired) electrons. The number of unbranched alkanes of at least 4 members (excludes halogenated alkanes) is 1. The SMILES string of the molecule is CSCC[C@H](NC(=O)[C@@H](NC(=O)[C@H](Cc1ccccc1)NC(=O)[C@H](CC(C)C)NC(=O)[C@@H]1CCCN1C(=O)[C@H](CC(C)C)NC(=O)[C@@H](N)CCCCN)C(C)C)C(=O)O. The van der Waals surface area contributed by atoms with Crippen LogP contribution in [0.25, 0.3) is 0 Å². The molecule has 16 nitrogen and oxygen atoms in total. The zero-order chi connectivity index (χ0) is 44.2. The molecule has 6 amide bonds. The number of nitrogens with one attached hydrogen (secondary N) is 5. The van der Waals surface area contributed by atoms with Gasteiger partial charge < -0.3 is 48.1 Å². The Hall–Kier alpha value is -4.22. The first-order valence-corrected chi connectivity index (χ1v) is 22.3. The van der Waals surface area contributed by atoms with Gasteiger partial charge in [-0.2, -0.15) is 11.8 Å². The normalized spacial score (nSPS) is 17.1. The van der Waals surface area contributed by atoms with Gasteiger partial charge in [0.1, 0.15) is 36.3 Å². The van der Waals surface area contributed by atoms with Crippen molar-refractivity contribution in [3.05, 3.63) is 35.9 Å². The number of aliphatic carboxylic acids is 1. The Morgan fingerprint density at radius 3 is 1.93 bits per heavy atom. The van der Waals surface area contributed by atoms with Crippen LogP contribution in [0, 0.1) is 17.8 Å². The highest BCUT2D eigenvalue weighted by atomic mass is 32.2. The predicted octanol–water partition coefficient (Wildman–Crippen LogP) is 1.69. The number of hydrogen-bond acceptors (Lipinski definition) is 10. The minimum atomic E-state index is -1.18. The highest BCUT2D eigenvalue weighted by molar-refractivity contribution is 7.98. The summed E-state index contributed by atoms with van der Waals surface area (Å²) in [5.41, 5.74) is 12.4. The Kier molecular flexibility index (Phi) is 22.5. The lowest BCUT2D eigenvalue weighted by Gasteiger charge is -2.31. The highest BCUT2D eigenvalue weighted by Gasteiger charge is 2.40. The Morgan fingerprint density at radius 1 is 0.763 bits per heavy atom. The van der Waals surface area contributed by atoms with Crippen LogP contribution in [0.15, 0.2) is 30.3 Å². The molecular formula is C42H70N8O8S. The minimum Gasteiger partial charge on any atom is -0.480 e. The first-order chi connectivity index (χ1) is 27.9. The van der Waals surface area contributed by atoms with Gasteiger partial charge in [0.25, 0.3) is 0 Å². The number of rotatable bonds is 26. The van der Waals surface area contributed by atoms with Crippen LogP contribution in [0.1, 0.15) is 98.5 Å². The third-order valence-corrected chi connectivity index (χ3v) is 10.8. The molecule has 59 heavy (non-hydrogen) atoms. The van der Waals surface area contributed by atoms with Gasteiger partial charge in [-0.15, -0.1) is 0 Å². The molecule has 2 rings (SSSR count). The van der Waals surface area contributed by atoms with Gasteiger partial charge in [0.2, 0.25) is 35.4 Å². The second-order valence-corrected chi connectivity index (χ2v) is 17.6. The number of hydrogen-bond donors (Lipinski definition) is 8. The van der Waals surface area contributed by atoms with Gasteiger partial charge in [-0.3, -0.25) is 28.8 Å². The maximum Gasteiger partial charge on any atom is 0.326 e. The number of carboxylic acid groups (broad SMARTS) is 1. The Bertz CT molecular complexity index is 1530. The highest BCUT2D eigenvalue weighted by Crippen LogP contribution is 2.22. The molecule has 0 spiro atoms. The van der Waals surface area contributed by atoms with Crippen LogP contribution in [-0.4, -0.2) is 119 Å². The first kappa shape index (κ1) is 50.9. The molecule has 1 heterocycles. The van der Waals surface area contributed by atoms with Crippen LogP contribution in [0.3, 0.4) is 0 Å². The first-order valence-electron chi connectivity index (χ1n) is 20.9. The summed E-state index contributed by atoms with van der Waals surface area (Å²) in [5, 5.41) is 23.5. The second kappa shape index (κ2) is 26.1. The number of carbonyl (C=O) groups excluding carboxylic acids is 6. The molecular weight excluding hydrogens is 777 g/mol. The minimum absolute atomic E-state index is 0.0459. The third-order valence-electron chi connectivity index (χ3n) is 10.2. The van der Waals surface area contributed by atoms with Crippen LogP contribution >= 0.6 is 11.8 Å². The molecule has 1 saturated heterocycles. The summed E-state index contributed by atoms with van der Waals surface area (Å²) in [6.07, 6.45) is 5.36. The largest absolute Gasteiger partial charge is 0.480 e. The van der Waals surface area contributed by atoms with Crippen molar-refractivity contribution in [2.45, 2.75) is 142 Å². The second-order valence-electron chi connectivity index (χ2n) is 16.6. The average molecular weight is 847 g/mol. The summed E-state index contributed by atoms with van der Waals surface area (Å²) in [5.74, 6) is -4.44. The number of carbonyl (C=O) groups is 7. The topological polar surface area (TPSA) is 255 Å². The summed E-state index contributed by atoms with van der Waals surface area (Å²) in [6, 6.07) is 1.89. The van der Waals surface area contributed by atoms with E-state index < -0.39 is 89.6 Å². The van der Waals surface area contributed by atoms with E-state index in [2.05, 4.69) is 26.6 Å². The van der Waals surface area contributed by atoms with Crippen molar-refractivity contribution in [1.82, 2.24) is 31.5 Å². The monoisotopic (exact) mass is 847 g/mol. The number of likely N-dealkylation sites (tertiary alicyclic amines) is 1. The fraction of sp³-hybridized carbons (Fsp3) is 0.690. The molecule has 17 heteroatoms. The molecule has 0 unspecified atom stereocenters. The van der Waals surface area contributed by atoms with Gasteiger partial charge in [0, 0.05) is 13.0 Å². The summed E-state index contributed by atoms with van der Waals surface area (Å²) in [4.78, 5) is 95.9. The van der Waals surface area contributed by atoms with Crippen LogP contribution in [0.2, 0.25) is 0 Å². The van der Waals surface area contributed by atoms with Crippen molar-refractivity contribution in [2.24, 2.45) is 29.2 Å². The Labute approximate surface area is 354 Å². The van der Waals surface area contributed by atoms with Crippen LogP contribution in [0.4, 0.5) is 0 Å². The molecule has 0 bridgehead atoms. The number of benzene rings is 1. The van der Waals surface area contributed by atoms with Crippen molar-refractivity contribution < 1.29 is 38.7 Å². The van der Waals surface area contributed by atoms with Gasteiger partial charge in [-0.1, -0.05) is 78.3 Å². The van der Waals surface area contributed by atoms with Crippen molar-refractivity contribution in [1.29, 1.82) is 0 Å². The molecule has 0 aliphatic carbocycles. The fourth-order valence-corrected chi connectivity index (χ4v) is 7.43. The van der Waals surface area contributed by atoms with E-state index >= 15 is 0 Å². The number of nitrogens with two attached hydrogens (primary N) is 2. The molecule has 1 aromatic rings. The lowest BCUT2D eigenvalue weighted by molar-refractivity contribution is -0.143. The van der Waals surface area contributed by atoms with E-state index in [9.17, 15) is 38.7 Å². The van der Waals surface area contributed by atoms with Gasteiger partial charge in [0.05, 0.1) is 6.04 Å². The Morgan fingerprint density at radius 2 is 1.36 bits per heavy atom. The molecule has 332 valence electrons. The van der Waals surface area contributed by atoms with E-state index in [-0.39, 0.29) is 31.1 Å². The molecule has 1 fully saturated rings. The van der Waals surface area contributed by atoms with Crippen molar-refractivity contribution in [3.63, 3.8) is 0 Å². The zero-order valence-corrected chi connectivity index (χ0v) is 36.8. The molecule has 0 saturated carbocycles. The van der Waals surface area contributed by atoms with E-state index in [1.54, 1.807) is 38.1 Å². The van der Waals surface area contributed by atoms with Crippen molar-refractivity contribution >= 4 is 53.2 Å². The van der Waals surface area contributed by atoms with E-state index in [4.69, 9.17) is 11.5 Å². The van der Waals surface area contributed by atoms with E-state index in [0.717, 1.165) is 12.0 Å². The van der Waals surface area contributed by atoms with Crippen LogP contribution in [-0.2, 0) is 40.0 Å². The molecule has 1 aliphatic heterocycles. The third kappa shape index (κ3) is 17.5. The summed E-state index contributed by atoms with van der Waals surface area (Å²) in [7, 11) is 0. The quantitative estimate of drug-likeness (QED) is 0.0623. The molecule has 7 atom stereocenters. The molecule has 1 aliphatic rings. The lowest BCUT2D eigenvalue weighted by Crippen LogP contribution is -2.60. The van der Waals surface area contributed by atoms with Gasteiger partial charge in [-0.25, -0.2) is 4.79 Å². The number of carboxylic acids is 1. The standard InChI is InChI=1S/C42H70N8O8S/c1-25(2)22-31(47-39(54)34-17-13-20-50(34)41(56)33(23-26(3)4)48-36(51)29(44)16-11-12-19-43)37(52)46-32(24-28-14-9-8-10-15-28)38(53)49-35(27(5)6)40(55)45-30(42(57)58)18-21-59-7/h8-10,14-15,25-27,29-35H,11-13,16-24,43-44H2,1-7H3,(H,45,55)(H,46,52)(H,47,54)(H,48,51)(H,49,53)(H,57,58)/t29-,30-,31-,32-,33-,34-,35-/m0/s1. The van der Waals surface area contributed by atoms with Crippen LogP contribution < -0.4 is 38.1 Å². The predicted molar refractivity (Wildman–Crippen MR) is 230 cm³/mol. The van der Waals surface area contributed by atoms with Crippen molar-refractivity contribution in [2.75, 3.05) is 25.1 Å². The summed E-state index contributed by atoms with van der Waals surface area (Å²) < 4.78 is 0. The lowest BCUT2D eigenvalue weighted by atomic mass is 9.99. The summed E-state index contributed by atoms with van der Waals surface area (Å²) >= 11 is 1.45. The van der Waals surface area contributed by atoms with Gasteiger partial charge in [0.15, 0.2) is 0 Å². The van der Waals surface area contributed by atoms with E-state index in [0.29, 0.717) is 50.9 Å². The average Bonchev–Trinajstić information content (AvgIpc) is 3.67. The summed E-state index contributed by atoms with van der Waals surface area (Å²) in [6.45, 7) is 11.9. The van der Waals surface area contributed by atoms with E-state index in [1.807, 2.05) is 40.0 Å². The van der Waals surface area contributed by atoms with Gasteiger partial charge >= 0.3 is 5.97 Å². The maximum atomic E-state index is 14.1. The fourth-order valence-electron chi connectivity index (χ4n) is 6.96. The van der Waals surface area contributed by atoms with Crippen LogP contribution in [0.5, 0.6) is 0 Å². The zero-order valence-electron chi connectivity index (χ0n) is 36.0. The molecule has 10 N–H and O–H groups in total.